The Morgan fingerprint density at radius 2 is 1.23 bits per heavy atom. The second kappa shape index (κ2) is 14.9. The first-order chi connectivity index (χ1) is 12.3. The van der Waals surface area contributed by atoms with Crippen molar-refractivity contribution in [3.8, 4) is 0 Å². The van der Waals surface area contributed by atoms with Crippen LogP contribution in [-0.2, 0) is 4.43 Å². The second-order valence-electron chi connectivity index (χ2n) is 9.11. The van der Waals surface area contributed by atoms with E-state index in [1.165, 1.54) is 57.8 Å². The topological polar surface area (TPSA) is 9.23 Å². The molecule has 1 nitrogen and oxygen atoms in total. The van der Waals surface area contributed by atoms with Crippen LogP contribution in [0.1, 0.15) is 120 Å². The molecule has 0 aromatic rings. The lowest BCUT2D eigenvalue weighted by atomic mass is 10.1. The summed E-state index contributed by atoms with van der Waals surface area (Å²) in [6, 6.07) is 0. The molecule has 0 saturated carbocycles. The molecule has 0 heterocycles. The van der Waals surface area contributed by atoms with Gasteiger partial charge in [-0.3, -0.25) is 0 Å². The van der Waals surface area contributed by atoms with E-state index in [2.05, 4.69) is 67.5 Å². The highest BCUT2D eigenvalue weighted by Crippen LogP contribution is 2.43. The Hall–Kier alpha value is -0.0831. The molecule has 0 aliphatic carbocycles. The highest BCUT2D eigenvalue weighted by molar-refractivity contribution is 6.77. The summed E-state index contributed by atoms with van der Waals surface area (Å²) in [5, 5.41) is 0. The zero-order chi connectivity index (χ0) is 20.0. The molecule has 0 amide bonds. The van der Waals surface area contributed by atoms with Crippen molar-refractivity contribution in [1.82, 2.24) is 0 Å². The van der Waals surface area contributed by atoms with Crippen LogP contribution >= 0.6 is 0 Å². The third kappa shape index (κ3) is 9.22. The van der Waals surface area contributed by atoms with Crippen molar-refractivity contribution < 1.29 is 4.43 Å². The van der Waals surface area contributed by atoms with Crippen LogP contribution in [-0.4, -0.2) is 14.4 Å². The van der Waals surface area contributed by atoms with Crippen LogP contribution in [0.15, 0.2) is 12.2 Å². The fourth-order valence-corrected chi connectivity index (χ4v) is 10.2. The molecule has 0 bridgehead atoms. The standard InChI is InChI=1S/C24H50OSi/c1-9-11-13-14-15-16-18-20-24(19-17-12-10-2)25-26(21(3)4,22(5)6)23(7)8/h16,18,21-24H,9-15,17,19-20H2,1-8H3/b18-16+/t24-/m0/s1. The van der Waals surface area contributed by atoms with Crippen LogP contribution in [0.5, 0.6) is 0 Å². The number of rotatable bonds is 16. The third-order valence-corrected chi connectivity index (χ3v) is 12.2. The van der Waals surface area contributed by atoms with E-state index in [0.717, 1.165) is 6.42 Å². The van der Waals surface area contributed by atoms with E-state index in [9.17, 15) is 0 Å². The Morgan fingerprint density at radius 1 is 0.692 bits per heavy atom. The van der Waals surface area contributed by atoms with Crippen LogP contribution in [0.25, 0.3) is 0 Å². The molecule has 0 fully saturated rings. The molecule has 0 N–H and O–H groups in total. The van der Waals surface area contributed by atoms with Crippen LogP contribution in [0.2, 0.25) is 16.6 Å². The predicted octanol–water partition coefficient (Wildman–Crippen LogP) is 9.04. The second-order valence-corrected chi connectivity index (χ2v) is 14.5. The van der Waals surface area contributed by atoms with Crippen molar-refractivity contribution in [2.45, 2.75) is 142 Å². The third-order valence-electron chi connectivity index (χ3n) is 6.00. The molecule has 0 aromatic carbocycles. The van der Waals surface area contributed by atoms with E-state index < -0.39 is 8.32 Å². The van der Waals surface area contributed by atoms with Gasteiger partial charge in [0.15, 0.2) is 0 Å². The Morgan fingerprint density at radius 3 is 1.73 bits per heavy atom. The van der Waals surface area contributed by atoms with Crippen molar-refractivity contribution >= 4 is 8.32 Å². The fourth-order valence-electron chi connectivity index (χ4n) is 4.60. The van der Waals surface area contributed by atoms with Gasteiger partial charge in [-0.05, 0) is 42.3 Å². The lowest BCUT2D eigenvalue weighted by molar-refractivity contribution is 0.163. The van der Waals surface area contributed by atoms with Crippen LogP contribution in [0, 0.1) is 0 Å². The summed E-state index contributed by atoms with van der Waals surface area (Å²) in [7, 11) is -1.77. The quantitative estimate of drug-likeness (QED) is 0.147. The average molecular weight is 383 g/mol. The summed E-state index contributed by atoms with van der Waals surface area (Å²) in [4.78, 5) is 0. The Kier molecular flexibility index (Phi) is 14.9. The Labute approximate surface area is 167 Å². The molecule has 0 radical (unpaired) electrons. The molecule has 0 aliphatic rings. The zero-order valence-electron chi connectivity index (χ0n) is 19.4. The van der Waals surface area contributed by atoms with Crippen molar-refractivity contribution in [3.63, 3.8) is 0 Å². The van der Waals surface area contributed by atoms with Gasteiger partial charge in [-0.15, -0.1) is 0 Å². The first kappa shape index (κ1) is 25.9. The number of hydrogen-bond donors (Lipinski definition) is 0. The maximum absolute atomic E-state index is 7.10. The molecule has 0 spiro atoms. The SMILES string of the molecule is CCCCCC/C=C/C[C@H](CCCCC)O[Si](C(C)C)(C(C)C)C(C)C. The van der Waals surface area contributed by atoms with E-state index >= 15 is 0 Å². The maximum atomic E-state index is 7.10. The minimum absolute atomic E-state index is 0.423. The number of allylic oxidation sites excluding steroid dienone is 1. The normalized spacial score (nSPS) is 14.3. The molecular weight excluding hydrogens is 332 g/mol. The Balaban J connectivity index is 4.90. The van der Waals surface area contributed by atoms with E-state index in [1.807, 2.05) is 0 Å². The summed E-state index contributed by atoms with van der Waals surface area (Å²) in [6.07, 6.45) is 18.2. The first-order valence-electron chi connectivity index (χ1n) is 11.7. The van der Waals surface area contributed by atoms with Gasteiger partial charge in [0.1, 0.15) is 0 Å². The van der Waals surface area contributed by atoms with E-state index in [4.69, 9.17) is 4.43 Å². The van der Waals surface area contributed by atoms with Crippen LogP contribution in [0.4, 0.5) is 0 Å². The molecule has 0 aliphatic heterocycles. The minimum Gasteiger partial charge on any atom is -0.413 e. The molecule has 2 heteroatoms. The molecular formula is C24H50OSi. The molecule has 1 atom stereocenters. The predicted molar refractivity (Wildman–Crippen MR) is 123 cm³/mol. The van der Waals surface area contributed by atoms with Crippen molar-refractivity contribution in [2.24, 2.45) is 0 Å². The molecule has 26 heavy (non-hydrogen) atoms. The maximum Gasteiger partial charge on any atom is 0.200 e. The highest BCUT2D eigenvalue weighted by Gasteiger charge is 2.46. The van der Waals surface area contributed by atoms with Crippen molar-refractivity contribution in [1.29, 1.82) is 0 Å². The van der Waals surface area contributed by atoms with E-state index in [1.54, 1.807) is 0 Å². The van der Waals surface area contributed by atoms with Crippen LogP contribution < -0.4 is 0 Å². The van der Waals surface area contributed by atoms with Gasteiger partial charge in [0.2, 0.25) is 8.32 Å². The van der Waals surface area contributed by atoms with Crippen molar-refractivity contribution in [2.75, 3.05) is 0 Å². The van der Waals surface area contributed by atoms with Gasteiger partial charge in [-0.25, -0.2) is 0 Å². The average Bonchev–Trinajstić information content (AvgIpc) is 2.57. The fraction of sp³-hybridized carbons (Fsp3) is 0.917. The van der Waals surface area contributed by atoms with Crippen molar-refractivity contribution in [3.05, 3.63) is 12.2 Å². The highest BCUT2D eigenvalue weighted by atomic mass is 28.4. The molecule has 0 aromatic heterocycles. The van der Waals surface area contributed by atoms with Gasteiger partial charge in [-0.1, -0.05) is 106 Å². The monoisotopic (exact) mass is 382 g/mol. The summed E-state index contributed by atoms with van der Waals surface area (Å²) in [5.74, 6) is 0. The van der Waals surface area contributed by atoms with E-state index in [0.29, 0.717) is 22.7 Å². The first-order valence-corrected chi connectivity index (χ1v) is 13.8. The van der Waals surface area contributed by atoms with Gasteiger partial charge >= 0.3 is 0 Å². The lowest BCUT2D eigenvalue weighted by Crippen LogP contribution is -2.50. The van der Waals surface area contributed by atoms with Crippen LogP contribution in [0.3, 0.4) is 0 Å². The summed E-state index contributed by atoms with van der Waals surface area (Å²) in [5.41, 5.74) is 2.03. The van der Waals surface area contributed by atoms with Gasteiger partial charge in [0, 0.05) is 6.10 Å². The molecule has 156 valence electrons. The summed E-state index contributed by atoms with van der Waals surface area (Å²) < 4.78 is 7.10. The summed E-state index contributed by atoms with van der Waals surface area (Å²) in [6.45, 7) is 19.0. The smallest absolute Gasteiger partial charge is 0.200 e. The van der Waals surface area contributed by atoms with Gasteiger partial charge in [0.25, 0.3) is 0 Å². The Bertz CT molecular complexity index is 324. The summed E-state index contributed by atoms with van der Waals surface area (Å²) >= 11 is 0. The zero-order valence-corrected chi connectivity index (χ0v) is 20.4. The van der Waals surface area contributed by atoms with Gasteiger partial charge in [0.05, 0.1) is 0 Å². The largest absolute Gasteiger partial charge is 0.413 e. The van der Waals surface area contributed by atoms with Gasteiger partial charge in [-0.2, -0.15) is 0 Å². The van der Waals surface area contributed by atoms with E-state index in [-0.39, 0.29) is 0 Å². The molecule has 0 rings (SSSR count). The number of unbranched alkanes of at least 4 members (excludes halogenated alkanes) is 6. The molecule has 0 saturated heterocycles. The molecule has 0 unspecified atom stereocenters. The van der Waals surface area contributed by atoms with Gasteiger partial charge < -0.3 is 4.43 Å². The number of hydrogen-bond acceptors (Lipinski definition) is 1. The lowest BCUT2D eigenvalue weighted by Gasteiger charge is -2.44. The minimum atomic E-state index is -1.77.